The third-order valence-electron chi connectivity index (χ3n) is 4.38. The highest BCUT2D eigenvalue weighted by molar-refractivity contribution is 6.06. The van der Waals surface area contributed by atoms with E-state index in [0.717, 1.165) is 17.6 Å². The molecule has 7 nitrogen and oxygen atoms in total. The van der Waals surface area contributed by atoms with Gasteiger partial charge in [0.05, 0.1) is 11.9 Å². The van der Waals surface area contributed by atoms with Crippen molar-refractivity contribution in [2.24, 2.45) is 10.7 Å². The fraction of sp³-hybridized carbons (Fsp3) is 0.280. The first-order valence-corrected chi connectivity index (χ1v) is 10.4. The molecule has 0 heterocycles. The number of amidine groups is 1. The van der Waals surface area contributed by atoms with Gasteiger partial charge in [-0.2, -0.15) is 4.99 Å². The maximum Gasteiger partial charge on any atom is 0.279 e. The summed E-state index contributed by atoms with van der Waals surface area (Å²) in [5, 5.41) is 12.6. The fourth-order valence-electron chi connectivity index (χ4n) is 3.01. The number of amides is 1. The van der Waals surface area contributed by atoms with Crippen LogP contribution >= 0.6 is 0 Å². The Morgan fingerprint density at radius 1 is 1.12 bits per heavy atom. The zero-order valence-corrected chi connectivity index (χ0v) is 19.2. The minimum Gasteiger partial charge on any atom is -0.512 e. The van der Waals surface area contributed by atoms with Crippen LogP contribution in [0.4, 0.5) is 0 Å². The molecular formula is C25H31N3O4. The van der Waals surface area contributed by atoms with Crippen molar-refractivity contribution in [1.82, 2.24) is 5.32 Å². The maximum atomic E-state index is 12.6. The first-order chi connectivity index (χ1) is 15.2. The van der Waals surface area contributed by atoms with Crippen LogP contribution in [0.25, 0.3) is 5.57 Å². The molecule has 0 aliphatic rings. The number of benzene rings is 2. The van der Waals surface area contributed by atoms with Gasteiger partial charge in [-0.1, -0.05) is 19.1 Å². The molecule has 0 fully saturated rings. The van der Waals surface area contributed by atoms with Gasteiger partial charge in [-0.15, -0.1) is 0 Å². The second-order valence-electron chi connectivity index (χ2n) is 7.37. The van der Waals surface area contributed by atoms with E-state index in [0.29, 0.717) is 28.6 Å². The average molecular weight is 438 g/mol. The molecule has 0 spiro atoms. The van der Waals surface area contributed by atoms with Gasteiger partial charge in [0.15, 0.2) is 0 Å². The van der Waals surface area contributed by atoms with E-state index in [-0.39, 0.29) is 11.9 Å². The Morgan fingerprint density at radius 3 is 2.34 bits per heavy atom. The Hall–Kier alpha value is -3.74. The molecule has 0 aliphatic carbocycles. The van der Waals surface area contributed by atoms with Gasteiger partial charge in [-0.05, 0) is 74.9 Å². The molecule has 0 unspecified atom stereocenters. The van der Waals surface area contributed by atoms with Gasteiger partial charge in [-0.25, -0.2) is 0 Å². The van der Waals surface area contributed by atoms with Crippen LogP contribution in [-0.4, -0.2) is 30.0 Å². The molecule has 0 aromatic heterocycles. The highest BCUT2D eigenvalue weighted by Gasteiger charge is 2.12. The van der Waals surface area contributed by atoms with Crippen LogP contribution in [0.5, 0.6) is 17.2 Å². The quantitative estimate of drug-likeness (QED) is 0.283. The molecule has 0 bridgehead atoms. The first-order valence-electron chi connectivity index (χ1n) is 10.4. The number of hydrogen-bond donors (Lipinski definition) is 3. The summed E-state index contributed by atoms with van der Waals surface area (Å²) in [5.74, 6) is 1.38. The lowest BCUT2D eigenvalue weighted by atomic mass is 10.0. The summed E-state index contributed by atoms with van der Waals surface area (Å²) in [5.41, 5.74) is 7.86. The largest absolute Gasteiger partial charge is 0.512 e. The minimum absolute atomic E-state index is 0.0801. The van der Waals surface area contributed by atoms with E-state index in [1.165, 1.54) is 6.08 Å². The number of rotatable bonds is 9. The molecule has 4 N–H and O–H groups in total. The van der Waals surface area contributed by atoms with Crippen LogP contribution in [0.3, 0.4) is 0 Å². The SMILES string of the molecule is CC/C(=C(/C)O)c1ccc(Oc2cc(OC(C)C)cc(C(=O)N=C(N)/C=C\NC)c2)cc1. The number of carbonyl (C=O) groups is 1. The van der Waals surface area contributed by atoms with Crippen molar-refractivity contribution in [1.29, 1.82) is 0 Å². The summed E-state index contributed by atoms with van der Waals surface area (Å²) >= 11 is 0. The molecule has 2 aromatic rings. The van der Waals surface area contributed by atoms with Crippen molar-refractivity contribution < 1.29 is 19.4 Å². The monoisotopic (exact) mass is 437 g/mol. The molecule has 0 saturated heterocycles. The number of aliphatic hydroxyl groups excluding tert-OH is 1. The van der Waals surface area contributed by atoms with Crippen molar-refractivity contribution in [3.05, 3.63) is 71.6 Å². The third-order valence-corrected chi connectivity index (χ3v) is 4.38. The van der Waals surface area contributed by atoms with Crippen LogP contribution in [0.1, 0.15) is 50.0 Å². The van der Waals surface area contributed by atoms with Crippen molar-refractivity contribution in [3.63, 3.8) is 0 Å². The van der Waals surface area contributed by atoms with Crippen molar-refractivity contribution in [2.45, 2.75) is 40.2 Å². The predicted octanol–water partition coefficient (Wildman–Crippen LogP) is 5.20. The van der Waals surface area contributed by atoms with Crippen molar-refractivity contribution in [2.75, 3.05) is 7.05 Å². The van der Waals surface area contributed by atoms with E-state index in [4.69, 9.17) is 15.2 Å². The third kappa shape index (κ3) is 7.19. The smallest absolute Gasteiger partial charge is 0.279 e. The van der Waals surface area contributed by atoms with Gasteiger partial charge in [0, 0.05) is 18.7 Å². The van der Waals surface area contributed by atoms with Crippen molar-refractivity contribution >= 4 is 17.3 Å². The predicted molar refractivity (Wildman–Crippen MR) is 128 cm³/mol. The van der Waals surface area contributed by atoms with E-state index in [9.17, 15) is 9.90 Å². The summed E-state index contributed by atoms with van der Waals surface area (Å²) in [6, 6.07) is 12.3. The molecule has 0 atom stereocenters. The van der Waals surface area contributed by atoms with Gasteiger partial charge in [0.25, 0.3) is 5.91 Å². The molecule has 0 radical (unpaired) electrons. The summed E-state index contributed by atoms with van der Waals surface area (Å²) in [6.45, 7) is 7.46. The number of nitrogens with zero attached hydrogens (tertiary/aromatic N) is 1. The Labute approximate surface area is 189 Å². The lowest BCUT2D eigenvalue weighted by Crippen LogP contribution is -2.13. The highest BCUT2D eigenvalue weighted by atomic mass is 16.5. The zero-order valence-electron chi connectivity index (χ0n) is 19.2. The fourth-order valence-corrected chi connectivity index (χ4v) is 3.01. The number of ether oxygens (including phenoxy) is 2. The van der Waals surface area contributed by atoms with Crippen molar-refractivity contribution in [3.8, 4) is 17.2 Å². The number of aliphatic imine (C=N–C) groups is 1. The number of allylic oxidation sites excluding steroid dienone is 2. The van der Waals surface area contributed by atoms with E-state index in [1.54, 1.807) is 38.4 Å². The topological polar surface area (TPSA) is 106 Å². The van der Waals surface area contributed by atoms with E-state index in [1.807, 2.05) is 45.0 Å². The summed E-state index contributed by atoms with van der Waals surface area (Å²) < 4.78 is 11.8. The lowest BCUT2D eigenvalue weighted by molar-refractivity contribution is 0.100. The molecule has 2 rings (SSSR count). The van der Waals surface area contributed by atoms with Gasteiger partial charge in [-0.3, -0.25) is 4.79 Å². The van der Waals surface area contributed by atoms with Crippen LogP contribution < -0.4 is 20.5 Å². The Morgan fingerprint density at radius 2 is 1.78 bits per heavy atom. The lowest BCUT2D eigenvalue weighted by Gasteiger charge is -2.14. The molecule has 7 heteroatoms. The Balaban J connectivity index is 2.34. The standard InChI is InChI=1S/C25H31N3O4/c1-6-23(17(4)29)18-7-9-20(10-8-18)32-22-14-19(13-21(15-22)31-16(2)3)25(30)28-24(26)11-12-27-5/h7-16,27,29H,6H2,1-5H3,(H2,26,28,30)/b12-11-,23-17+. The number of hydrogen-bond acceptors (Lipinski definition) is 5. The molecule has 1 amide bonds. The van der Waals surface area contributed by atoms with Gasteiger partial charge < -0.3 is 25.6 Å². The maximum absolute atomic E-state index is 12.6. The molecular weight excluding hydrogens is 406 g/mol. The minimum atomic E-state index is -0.506. The molecule has 0 aliphatic heterocycles. The average Bonchev–Trinajstić information content (AvgIpc) is 2.73. The van der Waals surface area contributed by atoms with Crippen LogP contribution in [0, 0.1) is 0 Å². The second kappa shape index (κ2) is 11.6. The van der Waals surface area contributed by atoms with Gasteiger partial charge >= 0.3 is 0 Å². The zero-order chi connectivity index (χ0) is 23.7. The summed E-state index contributed by atoms with van der Waals surface area (Å²) in [7, 11) is 1.72. The van der Waals surface area contributed by atoms with E-state index >= 15 is 0 Å². The second-order valence-corrected chi connectivity index (χ2v) is 7.37. The Kier molecular flexibility index (Phi) is 8.89. The molecule has 0 saturated carbocycles. The summed E-state index contributed by atoms with van der Waals surface area (Å²) in [6.07, 6.45) is 3.72. The molecule has 32 heavy (non-hydrogen) atoms. The summed E-state index contributed by atoms with van der Waals surface area (Å²) in [4.78, 5) is 16.5. The number of nitrogens with two attached hydrogens (primary N) is 1. The van der Waals surface area contributed by atoms with Gasteiger partial charge in [0.1, 0.15) is 23.1 Å². The van der Waals surface area contributed by atoms with Crippen LogP contribution in [0.15, 0.2) is 65.5 Å². The highest BCUT2D eigenvalue weighted by Crippen LogP contribution is 2.30. The van der Waals surface area contributed by atoms with E-state index in [2.05, 4.69) is 10.3 Å². The Bertz CT molecular complexity index is 1020. The number of aliphatic hydroxyl groups is 1. The van der Waals surface area contributed by atoms with Crippen LogP contribution in [0.2, 0.25) is 0 Å². The van der Waals surface area contributed by atoms with Gasteiger partial charge in [0.2, 0.25) is 0 Å². The first kappa shape index (κ1) is 24.5. The number of nitrogens with one attached hydrogen (secondary N) is 1. The number of carbonyl (C=O) groups excluding carboxylic acids is 1. The van der Waals surface area contributed by atoms with E-state index < -0.39 is 5.91 Å². The normalized spacial score (nSPS) is 12.6. The molecule has 2 aromatic carbocycles. The van der Waals surface area contributed by atoms with Crippen LogP contribution in [-0.2, 0) is 0 Å². The molecule has 170 valence electrons.